The van der Waals surface area contributed by atoms with Crippen molar-refractivity contribution in [2.45, 2.75) is 70.9 Å². The third-order valence-electron chi connectivity index (χ3n) is 7.82. The number of aryl methyl sites for hydroxylation is 2. The summed E-state index contributed by atoms with van der Waals surface area (Å²) < 4.78 is 49.1. The Balaban J connectivity index is 1.39. The Hall–Kier alpha value is -4.11. The molecule has 3 aromatic heterocycles. The van der Waals surface area contributed by atoms with E-state index in [0.29, 0.717) is 28.4 Å². The number of benzene rings is 1. The van der Waals surface area contributed by atoms with Gasteiger partial charge in [0.25, 0.3) is 11.5 Å². The Morgan fingerprint density at radius 3 is 2.45 bits per heavy atom. The normalized spacial score (nSPS) is 19.8. The number of aromatic nitrogens is 6. The van der Waals surface area contributed by atoms with Crippen molar-refractivity contribution >= 4 is 21.8 Å². The molecular formula is C29H28BrF3N8O3. The van der Waals surface area contributed by atoms with Crippen molar-refractivity contribution in [1.82, 2.24) is 34.2 Å². The summed E-state index contributed by atoms with van der Waals surface area (Å²) in [5, 5.41) is 4.51. The Morgan fingerprint density at radius 1 is 1.14 bits per heavy atom. The quantitative estimate of drug-likeness (QED) is 0.336. The third kappa shape index (κ3) is 5.49. The van der Waals surface area contributed by atoms with Crippen molar-refractivity contribution < 1.29 is 22.7 Å². The molecule has 1 saturated carbocycles. The van der Waals surface area contributed by atoms with Crippen LogP contribution in [0.3, 0.4) is 0 Å². The summed E-state index contributed by atoms with van der Waals surface area (Å²) in [5.74, 6) is 0.0157. The van der Waals surface area contributed by atoms with E-state index >= 15 is 0 Å². The number of hydrogen-bond acceptors (Lipinski definition) is 8. The number of carbonyl (C=O) groups is 1. The molecule has 1 aromatic carbocycles. The molecule has 230 valence electrons. The first-order chi connectivity index (χ1) is 20.8. The summed E-state index contributed by atoms with van der Waals surface area (Å²) in [6, 6.07) is 4.78. The molecule has 1 fully saturated rings. The van der Waals surface area contributed by atoms with E-state index in [1.807, 2.05) is 6.07 Å². The summed E-state index contributed by atoms with van der Waals surface area (Å²) >= 11 is 2.92. The van der Waals surface area contributed by atoms with Gasteiger partial charge in [-0.05, 0) is 64.3 Å². The summed E-state index contributed by atoms with van der Waals surface area (Å²) in [6.45, 7) is 5.25. The van der Waals surface area contributed by atoms with Crippen molar-refractivity contribution in [3.05, 3.63) is 85.3 Å². The van der Waals surface area contributed by atoms with E-state index in [0.717, 1.165) is 18.9 Å². The summed E-state index contributed by atoms with van der Waals surface area (Å²) in [6.07, 6.45) is -0.0902. The summed E-state index contributed by atoms with van der Waals surface area (Å²) in [4.78, 5) is 42.6. The number of alkyl halides is 3. The Morgan fingerprint density at radius 2 is 1.84 bits per heavy atom. The van der Waals surface area contributed by atoms with Gasteiger partial charge in [-0.3, -0.25) is 9.59 Å². The van der Waals surface area contributed by atoms with Crippen molar-refractivity contribution in [3.8, 4) is 17.6 Å². The molecule has 4 heterocycles. The molecule has 0 radical (unpaired) electrons. The van der Waals surface area contributed by atoms with Crippen LogP contribution in [0.2, 0.25) is 0 Å². The van der Waals surface area contributed by atoms with Crippen LogP contribution in [0, 0.1) is 13.8 Å². The third-order valence-corrected chi connectivity index (χ3v) is 8.51. The van der Waals surface area contributed by atoms with Gasteiger partial charge >= 0.3 is 6.18 Å². The number of ether oxygens (including phenoxy) is 1. The van der Waals surface area contributed by atoms with Crippen LogP contribution in [0.5, 0.6) is 5.75 Å². The predicted octanol–water partition coefficient (Wildman–Crippen LogP) is 4.06. The SMILES string of the molecule is Cc1cc(C)n(-c2nc3c(c(=O)n2-c2ncc(OC4CC(N)C4)cn2)CC(C)N(C(=O)c2ccc(Br)c(C(F)(F)F)c2)C3)n1. The van der Waals surface area contributed by atoms with Gasteiger partial charge in [-0.25, -0.2) is 24.2 Å². The lowest BCUT2D eigenvalue weighted by Gasteiger charge is -2.34. The fourth-order valence-corrected chi connectivity index (χ4v) is 5.97. The van der Waals surface area contributed by atoms with Crippen molar-refractivity contribution in [3.63, 3.8) is 0 Å². The van der Waals surface area contributed by atoms with Gasteiger partial charge in [0.05, 0.1) is 35.9 Å². The molecule has 44 heavy (non-hydrogen) atoms. The zero-order valence-corrected chi connectivity index (χ0v) is 25.6. The van der Waals surface area contributed by atoms with E-state index in [9.17, 15) is 22.8 Å². The second-order valence-corrected chi connectivity index (χ2v) is 12.0. The van der Waals surface area contributed by atoms with Gasteiger partial charge in [0.1, 0.15) is 6.10 Å². The fourth-order valence-electron chi connectivity index (χ4n) is 5.49. The molecule has 1 unspecified atom stereocenters. The van der Waals surface area contributed by atoms with Gasteiger partial charge in [0.2, 0.25) is 11.9 Å². The molecule has 0 bridgehead atoms. The smallest absolute Gasteiger partial charge is 0.417 e. The van der Waals surface area contributed by atoms with Crippen LogP contribution in [0.25, 0.3) is 11.9 Å². The topological polar surface area (TPSA) is 134 Å². The van der Waals surface area contributed by atoms with E-state index in [1.165, 1.54) is 38.7 Å². The lowest BCUT2D eigenvalue weighted by molar-refractivity contribution is -0.138. The standard InChI is InChI=1S/C29H28BrF3N8O3/c1-14-6-16(3)41(38-14)28-37-24-13-39(25(42)17-4-5-23(30)22(8-17)29(31,32)33)15(2)7-21(24)26(43)40(28)27-35-11-20(12-36-27)44-19-9-18(34)10-19/h4-6,8,11-12,15,18-19H,7,9-10,13,34H2,1-3H3. The van der Waals surface area contributed by atoms with Gasteiger partial charge in [-0.1, -0.05) is 15.9 Å². The highest BCUT2D eigenvalue weighted by atomic mass is 79.9. The van der Waals surface area contributed by atoms with E-state index in [-0.39, 0.29) is 47.0 Å². The van der Waals surface area contributed by atoms with E-state index in [1.54, 1.807) is 20.8 Å². The average Bonchev–Trinajstić information content (AvgIpc) is 3.29. The second kappa shape index (κ2) is 11.1. The van der Waals surface area contributed by atoms with Gasteiger partial charge in [-0.15, -0.1) is 0 Å². The zero-order chi connectivity index (χ0) is 31.5. The molecule has 2 N–H and O–H groups in total. The molecule has 11 nitrogen and oxygen atoms in total. The first kappa shape index (κ1) is 29.9. The van der Waals surface area contributed by atoms with Crippen LogP contribution in [-0.2, 0) is 19.1 Å². The monoisotopic (exact) mass is 672 g/mol. The maximum Gasteiger partial charge on any atom is 0.417 e. The molecule has 6 rings (SSSR count). The zero-order valence-electron chi connectivity index (χ0n) is 24.0. The van der Waals surface area contributed by atoms with E-state index in [2.05, 4.69) is 31.0 Å². The second-order valence-electron chi connectivity index (χ2n) is 11.2. The molecular weight excluding hydrogens is 645 g/mol. The van der Waals surface area contributed by atoms with Gasteiger partial charge in [-0.2, -0.15) is 18.3 Å². The van der Waals surface area contributed by atoms with Crippen molar-refractivity contribution in [2.75, 3.05) is 0 Å². The number of halogens is 4. The number of nitrogens with zero attached hydrogens (tertiary/aromatic N) is 7. The van der Waals surface area contributed by atoms with Crippen molar-refractivity contribution in [2.24, 2.45) is 5.73 Å². The Kier molecular flexibility index (Phi) is 7.56. The highest BCUT2D eigenvalue weighted by molar-refractivity contribution is 9.10. The maximum absolute atomic E-state index is 14.1. The van der Waals surface area contributed by atoms with Crippen LogP contribution in [0.4, 0.5) is 13.2 Å². The number of fused-ring (bicyclic) bond motifs is 1. The molecule has 1 atom stereocenters. The van der Waals surface area contributed by atoms with Gasteiger partial charge in [0, 0.05) is 33.4 Å². The Labute approximate surface area is 258 Å². The first-order valence-corrected chi connectivity index (χ1v) is 14.7. The van der Waals surface area contributed by atoms with Gasteiger partial charge in [0.15, 0.2) is 5.75 Å². The maximum atomic E-state index is 14.1. The molecule has 1 aliphatic heterocycles. The average molecular weight is 673 g/mol. The lowest BCUT2D eigenvalue weighted by Crippen LogP contribution is -2.46. The molecule has 1 amide bonds. The lowest BCUT2D eigenvalue weighted by atomic mass is 9.90. The van der Waals surface area contributed by atoms with Gasteiger partial charge < -0.3 is 15.4 Å². The number of nitrogens with two attached hydrogens (primary N) is 1. The number of rotatable bonds is 5. The number of carbonyl (C=O) groups excluding carboxylic acids is 1. The van der Waals surface area contributed by atoms with Crippen LogP contribution >= 0.6 is 15.9 Å². The number of hydrogen-bond donors (Lipinski definition) is 1. The summed E-state index contributed by atoms with van der Waals surface area (Å²) in [7, 11) is 0. The molecule has 0 saturated heterocycles. The minimum atomic E-state index is -4.65. The van der Waals surface area contributed by atoms with E-state index in [4.69, 9.17) is 15.5 Å². The first-order valence-electron chi connectivity index (χ1n) is 13.9. The van der Waals surface area contributed by atoms with Crippen LogP contribution in [0.1, 0.15) is 58.3 Å². The largest absolute Gasteiger partial charge is 0.487 e. The minimum absolute atomic E-state index is 0.0116. The highest BCUT2D eigenvalue weighted by Gasteiger charge is 2.36. The highest BCUT2D eigenvalue weighted by Crippen LogP contribution is 2.36. The number of amides is 1. The molecule has 4 aromatic rings. The minimum Gasteiger partial charge on any atom is -0.487 e. The van der Waals surface area contributed by atoms with Crippen LogP contribution in [-0.4, -0.2) is 58.3 Å². The fraction of sp³-hybridized carbons (Fsp3) is 0.379. The Bertz CT molecular complexity index is 1820. The van der Waals surface area contributed by atoms with E-state index < -0.39 is 29.2 Å². The molecule has 1 aliphatic carbocycles. The molecule has 0 spiro atoms. The van der Waals surface area contributed by atoms with Crippen LogP contribution < -0.4 is 16.0 Å². The predicted molar refractivity (Wildman–Crippen MR) is 156 cm³/mol. The molecule has 15 heteroatoms. The summed E-state index contributed by atoms with van der Waals surface area (Å²) in [5.41, 5.74) is 6.38. The molecule has 2 aliphatic rings. The van der Waals surface area contributed by atoms with Crippen LogP contribution in [0.15, 0.2) is 45.9 Å². The van der Waals surface area contributed by atoms with Crippen molar-refractivity contribution in [1.29, 1.82) is 0 Å².